The second kappa shape index (κ2) is 2.93. The van der Waals surface area contributed by atoms with Crippen LogP contribution in [-0.2, 0) is 0 Å². The monoisotopic (exact) mass is 214 g/mol. The van der Waals surface area contributed by atoms with Crippen LogP contribution in [0.15, 0.2) is 0 Å². The molecular formula is C5H7N6PS. The number of hydrogen-bond donors (Lipinski definition) is 3. The number of rotatable bonds is 1. The van der Waals surface area contributed by atoms with Gasteiger partial charge in [-0.05, 0) is 0 Å². The lowest BCUT2D eigenvalue weighted by molar-refractivity contribution is 1.11. The molecule has 0 saturated carbocycles. The Hall–Kier alpha value is -1.20. The number of H-pyrrole nitrogens is 1. The molecule has 2 heterocycles. The molecule has 0 aliphatic rings. The number of nitrogens with zero attached hydrogens (tertiary/aromatic N) is 3. The number of thiazole rings is 1. The summed E-state index contributed by atoms with van der Waals surface area (Å²) in [7, 11) is 2.48. The van der Waals surface area contributed by atoms with Crippen LogP contribution in [0, 0.1) is 0 Å². The molecule has 0 spiro atoms. The molecular weight excluding hydrogens is 207 g/mol. The summed E-state index contributed by atoms with van der Waals surface area (Å²) < 4.78 is 0.808. The van der Waals surface area contributed by atoms with Crippen molar-refractivity contribution in [2.45, 2.75) is 0 Å². The van der Waals surface area contributed by atoms with Gasteiger partial charge >= 0.3 is 0 Å². The lowest BCUT2D eigenvalue weighted by atomic mass is 10.5. The quantitative estimate of drug-likeness (QED) is 0.559. The first-order chi connectivity index (χ1) is 6.16. The van der Waals surface area contributed by atoms with Gasteiger partial charge in [-0.2, -0.15) is 4.98 Å². The average Bonchev–Trinajstić information content (AvgIpc) is 2.58. The highest BCUT2D eigenvalue weighted by atomic mass is 32.1. The van der Waals surface area contributed by atoms with Crippen molar-refractivity contribution in [3.8, 4) is 10.7 Å². The molecule has 2 aromatic rings. The summed E-state index contributed by atoms with van der Waals surface area (Å²) in [5.74, 6) is 1.19. The van der Waals surface area contributed by atoms with Gasteiger partial charge in [0.05, 0.1) is 0 Å². The summed E-state index contributed by atoms with van der Waals surface area (Å²) in [5, 5.41) is 6.37. The Balaban J connectivity index is 2.51. The van der Waals surface area contributed by atoms with E-state index in [0.717, 1.165) is 9.63 Å². The minimum atomic E-state index is 0.202. The van der Waals surface area contributed by atoms with Crippen LogP contribution < -0.4 is 16.2 Å². The Morgan fingerprint density at radius 3 is 2.54 bits per heavy atom. The highest BCUT2D eigenvalue weighted by Crippen LogP contribution is 2.26. The van der Waals surface area contributed by atoms with Gasteiger partial charge in [0.15, 0.2) is 5.82 Å². The van der Waals surface area contributed by atoms with Crippen LogP contribution in [0.3, 0.4) is 0 Å². The van der Waals surface area contributed by atoms with Crippen molar-refractivity contribution < 1.29 is 0 Å². The Morgan fingerprint density at radius 2 is 2.08 bits per heavy atom. The van der Waals surface area contributed by atoms with E-state index in [1.54, 1.807) is 0 Å². The van der Waals surface area contributed by atoms with E-state index >= 15 is 0 Å². The first-order valence-corrected chi connectivity index (χ1v) is 4.76. The molecule has 0 amide bonds. The molecule has 6 nitrogen and oxygen atoms in total. The van der Waals surface area contributed by atoms with Crippen LogP contribution in [0.2, 0.25) is 0 Å². The van der Waals surface area contributed by atoms with E-state index in [2.05, 4.69) is 29.4 Å². The van der Waals surface area contributed by atoms with Crippen LogP contribution >= 0.6 is 20.6 Å². The standard InChI is InChI=1S/C5H7N6PS/c6-2-1(13-5(12)8-2)3-9-4(7)11-10-3/h6,12H2,(H3,7,9,10,11). The molecule has 1 unspecified atom stereocenters. The average molecular weight is 214 g/mol. The number of anilines is 2. The Labute approximate surface area is 80.0 Å². The van der Waals surface area contributed by atoms with E-state index in [1.165, 1.54) is 11.3 Å². The number of nitrogens with two attached hydrogens (primary N) is 2. The van der Waals surface area contributed by atoms with Crippen molar-refractivity contribution in [3.63, 3.8) is 0 Å². The van der Waals surface area contributed by atoms with E-state index in [1.807, 2.05) is 0 Å². The Bertz CT molecular complexity index is 434. The fourth-order valence-electron chi connectivity index (χ4n) is 0.895. The third kappa shape index (κ3) is 1.48. The maximum absolute atomic E-state index is 5.64. The Kier molecular flexibility index (Phi) is 1.90. The van der Waals surface area contributed by atoms with E-state index in [0.29, 0.717) is 11.6 Å². The molecule has 13 heavy (non-hydrogen) atoms. The van der Waals surface area contributed by atoms with Gasteiger partial charge in [0.2, 0.25) is 5.95 Å². The van der Waals surface area contributed by atoms with Crippen LogP contribution in [0.5, 0.6) is 0 Å². The van der Waals surface area contributed by atoms with Gasteiger partial charge in [-0.15, -0.1) is 16.4 Å². The van der Waals surface area contributed by atoms with Gasteiger partial charge in [-0.3, -0.25) is 5.10 Å². The molecule has 0 aliphatic heterocycles. The fraction of sp³-hybridized carbons (Fsp3) is 0. The molecule has 0 aliphatic carbocycles. The first-order valence-electron chi connectivity index (χ1n) is 3.37. The van der Waals surface area contributed by atoms with Gasteiger partial charge in [0.25, 0.3) is 0 Å². The van der Waals surface area contributed by atoms with Gasteiger partial charge in [-0.1, -0.05) is 9.24 Å². The molecule has 0 saturated heterocycles. The zero-order valence-corrected chi connectivity index (χ0v) is 8.45. The highest BCUT2D eigenvalue weighted by Gasteiger charge is 2.11. The Morgan fingerprint density at radius 1 is 1.31 bits per heavy atom. The summed E-state index contributed by atoms with van der Waals surface area (Å²) >= 11 is 1.42. The molecule has 0 radical (unpaired) electrons. The number of aromatic amines is 1. The molecule has 5 N–H and O–H groups in total. The van der Waals surface area contributed by atoms with Crippen molar-refractivity contribution >= 4 is 37.1 Å². The summed E-state index contributed by atoms with van der Waals surface area (Å²) in [6, 6.07) is 0. The zero-order chi connectivity index (χ0) is 9.42. The van der Waals surface area contributed by atoms with E-state index in [9.17, 15) is 0 Å². The predicted octanol–water partition coefficient (Wildman–Crippen LogP) is -0.407. The molecule has 1 atom stereocenters. The van der Waals surface area contributed by atoms with Gasteiger partial charge in [-0.25, -0.2) is 4.98 Å². The van der Waals surface area contributed by atoms with Gasteiger partial charge < -0.3 is 11.5 Å². The highest BCUT2D eigenvalue weighted by molar-refractivity contribution is 7.44. The lowest BCUT2D eigenvalue weighted by Gasteiger charge is -1.88. The zero-order valence-electron chi connectivity index (χ0n) is 6.48. The molecule has 68 valence electrons. The van der Waals surface area contributed by atoms with Crippen molar-refractivity contribution in [1.29, 1.82) is 0 Å². The van der Waals surface area contributed by atoms with Crippen molar-refractivity contribution in [3.05, 3.63) is 0 Å². The maximum atomic E-state index is 5.64. The smallest absolute Gasteiger partial charge is 0.239 e. The molecule has 8 heteroatoms. The number of aromatic nitrogens is 4. The largest absolute Gasteiger partial charge is 0.382 e. The maximum Gasteiger partial charge on any atom is 0.239 e. The van der Waals surface area contributed by atoms with Crippen LogP contribution in [0.25, 0.3) is 10.7 Å². The third-order valence-corrected chi connectivity index (χ3v) is 2.78. The normalized spacial score (nSPS) is 10.5. The summed E-state index contributed by atoms with van der Waals surface area (Å²) in [4.78, 5) is 8.73. The molecule has 2 aromatic heterocycles. The molecule has 0 bridgehead atoms. The van der Waals surface area contributed by atoms with E-state index in [4.69, 9.17) is 11.5 Å². The van der Waals surface area contributed by atoms with E-state index in [-0.39, 0.29) is 5.95 Å². The molecule has 2 rings (SSSR count). The SMILES string of the molecule is Nc1n[nH]c(-c2sc(P)nc2N)n1. The first kappa shape index (κ1) is 8.40. The molecule has 0 fully saturated rings. The van der Waals surface area contributed by atoms with E-state index < -0.39 is 0 Å². The number of nitrogens with one attached hydrogen (secondary N) is 1. The predicted molar refractivity (Wildman–Crippen MR) is 55.7 cm³/mol. The summed E-state index contributed by atoms with van der Waals surface area (Å²) in [6.07, 6.45) is 0. The van der Waals surface area contributed by atoms with Gasteiger partial charge in [0, 0.05) is 0 Å². The number of hydrogen-bond acceptors (Lipinski definition) is 6. The molecule has 0 aromatic carbocycles. The van der Waals surface area contributed by atoms with Crippen LogP contribution in [-0.4, -0.2) is 20.2 Å². The van der Waals surface area contributed by atoms with Gasteiger partial charge in [0.1, 0.15) is 15.4 Å². The topological polar surface area (TPSA) is 106 Å². The summed E-state index contributed by atoms with van der Waals surface area (Å²) in [6.45, 7) is 0. The van der Waals surface area contributed by atoms with Crippen LogP contribution in [0.1, 0.15) is 0 Å². The van der Waals surface area contributed by atoms with Crippen LogP contribution in [0.4, 0.5) is 11.8 Å². The van der Waals surface area contributed by atoms with Crippen molar-refractivity contribution in [2.75, 3.05) is 11.5 Å². The minimum Gasteiger partial charge on any atom is -0.382 e. The second-order valence-electron chi connectivity index (χ2n) is 2.31. The second-order valence-corrected chi connectivity index (χ2v) is 4.30. The number of nitrogen functional groups attached to an aromatic ring is 2. The third-order valence-electron chi connectivity index (χ3n) is 1.39. The summed E-state index contributed by atoms with van der Waals surface area (Å²) in [5.41, 5.74) is 11.0. The fourth-order valence-corrected chi connectivity index (χ4v) is 2.08. The minimum absolute atomic E-state index is 0.202. The van der Waals surface area contributed by atoms with Crippen molar-refractivity contribution in [2.24, 2.45) is 0 Å². The lowest BCUT2D eigenvalue weighted by Crippen LogP contribution is -1.91. The van der Waals surface area contributed by atoms with Crippen molar-refractivity contribution in [1.82, 2.24) is 20.2 Å².